The highest BCUT2D eigenvalue weighted by Gasteiger charge is 2.36. The zero-order chi connectivity index (χ0) is 16.4. The fraction of sp³-hybridized carbons (Fsp3) is 0.118. The molecule has 0 radical (unpaired) electrons. The molecule has 0 saturated carbocycles. The zero-order valence-corrected chi connectivity index (χ0v) is 12.3. The average molecular weight is 309 g/mol. The number of amides is 4. The van der Waals surface area contributed by atoms with Crippen molar-refractivity contribution in [2.24, 2.45) is 5.73 Å². The standard InChI is InChI=1S/C17H15N3O3/c18-16(22)13-6-4-5-12(9-13)10-20-15(21)11-19(17(20)23)14-7-2-1-3-8-14/h1-9H,10-11H2,(H2,18,22). The summed E-state index contributed by atoms with van der Waals surface area (Å²) in [5, 5.41) is 0. The summed E-state index contributed by atoms with van der Waals surface area (Å²) in [6.07, 6.45) is 0. The maximum atomic E-state index is 12.5. The molecule has 2 aromatic carbocycles. The number of hydrogen-bond donors (Lipinski definition) is 1. The van der Waals surface area contributed by atoms with Crippen molar-refractivity contribution < 1.29 is 14.4 Å². The minimum absolute atomic E-state index is 0.0123. The Kier molecular flexibility index (Phi) is 3.80. The molecule has 1 heterocycles. The van der Waals surface area contributed by atoms with Crippen LogP contribution in [0.1, 0.15) is 15.9 Å². The van der Waals surface area contributed by atoms with Crippen molar-refractivity contribution in [3.63, 3.8) is 0 Å². The molecule has 2 N–H and O–H groups in total. The Bertz CT molecular complexity index is 774. The second-order valence-corrected chi connectivity index (χ2v) is 5.25. The number of anilines is 1. The van der Waals surface area contributed by atoms with Gasteiger partial charge in [-0.15, -0.1) is 0 Å². The number of urea groups is 1. The van der Waals surface area contributed by atoms with E-state index in [0.29, 0.717) is 16.8 Å². The van der Waals surface area contributed by atoms with Gasteiger partial charge in [-0.05, 0) is 29.8 Å². The number of primary amides is 1. The molecule has 0 aromatic heterocycles. The molecule has 116 valence electrons. The van der Waals surface area contributed by atoms with Gasteiger partial charge in [0.25, 0.3) is 5.91 Å². The van der Waals surface area contributed by atoms with Gasteiger partial charge < -0.3 is 5.73 Å². The molecule has 6 heteroatoms. The van der Waals surface area contributed by atoms with Crippen molar-refractivity contribution in [1.29, 1.82) is 0 Å². The molecule has 1 aliphatic heterocycles. The van der Waals surface area contributed by atoms with Crippen LogP contribution in [0.25, 0.3) is 0 Å². The van der Waals surface area contributed by atoms with Gasteiger partial charge in [-0.2, -0.15) is 0 Å². The lowest BCUT2D eigenvalue weighted by atomic mass is 10.1. The topological polar surface area (TPSA) is 83.7 Å². The molecule has 0 atom stereocenters. The van der Waals surface area contributed by atoms with Gasteiger partial charge >= 0.3 is 6.03 Å². The molecule has 0 spiro atoms. The molecule has 0 aliphatic carbocycles. The number of benzene rings is 2. The highest BCUT2D eigenvalue weighted by Crippen LogP contribution is 2.22. The molecule has 1 saturated heterocycles. The lowest BCUT2D eigenvalue weighted by Gasteiger charge is -2.17. The third-order valence-electron chi connectivity index (χ3n) is 3.68. The number of carbonyl (C=O) groups is 3. The monoisotopic (exact) mass is 309 g/mol. The van der Waals surface area contributed by atoms with Gasteiger partial charge in [0.15, 0.2) is 0 Å². The highest BCUT2D eigenvalue weighted by atomic mass is 16.2. The molecule has 3 rings (SSSR count). The highest BCUT2D eigenvalue weighted by molar-refractivity contribution is 6.12. The minimum Gasteiger partial charge on any atom is -0.366 e. The fourth-order valence-corrected chi connectivity index (χ4v) is 2.51. The van der Waals surface area contributed by atoms with Gasteiger partial charge in [-0.1, -0.05) is 30.3 Å². The van der Waals surface area contributed by atoms with Crippen LogP contribution in [-0.2, 0) is 11.3 Å². The second kappa shape index (κ2) is 5.92. The second-order valence-electron chi connectivity index (χ2n) is 5.25. The van der Waals surface area contributed by atoms with Crippen LogP contribution in [-0.4, -0.2) is 29.3 Å². The number of hydrogen-bond acceptors (Lipinski definition) is 3. The molecule has 1 fully saturated rings. The lowest BCUT2D eigenvalue weighted by molar-refractivity contribution is -0.125. The third-order valence-corrected chi connectivity index (χ3v) is 3.68. The summed E-state index contributed by atoms with van der Waals surface area (Å²) in [4.78, 5) is 38.5. The van der Waals surface area contributed by atoms with E-state index in [1.54, 1.807) is 36.4 Å². The van der Waals surface area contributed by atoms with Crippen LogP contribution >= 0.6 is 0 Å². The first kappa shape index (κ1) is 14.8. The summed E-state index contributed by atoms with van der Waals surface area (Å²) in [5.41, 5.74) is 6.96. The first-order valence-electron chi connectivity index (χ1n) is 7.12. The molecular weight excluding hydrogens is 294 g/mol. The fourth-order valence-electron chi connectivity index (χ4n) is 2.51. The van der Waals surface area contributed by atoms with Crippen molar-refractivity contribution in [3.05, 3.63) is 65.7 Å². The Morgan fingerprint density at radius 3 is 2.48 bits per heavy atom. The molecule has 1 aliphatic rings. The van der Waals surface area contributed by atoms with Crippen LogP contribution in [0.4, 0.5) is 10.5 Å². The van der Waals surface area contributed by atoms with Crippen LogP contribution in [0.5, 0.6) is 0 Å². The normalized spacial score (nSPS) is 14.4. The quantitative estimate of drug-likeness (QED) is 0.873. The van der Waals surface area contributed by atoms with Crippen molar-refractivity contribution in [1.82, 2.24) is 4.90 Å². The number of carbonyl (C=O) groups excluding carboxylic acids is 3. The summed E-state index contributed by atoms with van der Waals surface area (Å²) >= 11 is 0. The van der Waals surface area contributed by atoms with Gasteiger partial charge in [0.05, 0.1) is 6.54 Å². The summed E-state index contributed by atoms with van der Waals surface area (Å²) in [6.45, 7) is 0.125. The van der Waals surface area contributed by atoms with E-state index >= 15 is 0 Å². The molecule has 0 bridgehead atoms. The van der Waals surface area contributed by atoms with Crippen molar-refractivity contribution in [3.8, 4) is 0 Å². The van der Waals surface area contributed by atoms with Crippen LogP contribution < -0.4 is 10.6 Å². The van der Waals surface area contributed by atoms with Gasteiger partial charge in [-0.3, -0.25) is 19.4 Å². The first-order valence-corrected chi connectivity index (χ1v) is 7.12. The smallest absolute Gasteiger partial charge is 0.332 e. The molecule has 23 heavy (non-hydrogen) atoms. The van der Waals surface area contributed by atoms with E-state index < -0.39 is 5.91 Å². The van der Waals surface area contributed by atoms with E-state index in [2.05, 4.69) is 0 Å². The number of imide groups is 1. The number of rotatable bonds is 4. The van der Waals surface area contributed by atoms with Crippen molar-refractivity contribution in [2.75, 3.05) is 11.4 Å². The Balaban J connectivity index is 1.81. The molecule has 2 aromatic rings. The van der Waals surface area contributed by atoms with Crippen LogP contribution in [0.2, 0.25) is 0 Å². The summed E-state index contributed by atoms with van der Waals surface area (Å²) < 4.78 is 0. The Hall–Kier alpha value is -3.15. The largest absolute Gasteiger partial charge is 0.366 e. The van der Waals surface area contributed by atoms with Crippen molar-refractivity contribution >= 4 is 23.5 Å². The predicted molar refractivity (Wildman–Crippen MR) is 84.7 cm³/mol. The van der Waals surface area contributed by atoms with E-state index in [1.807, 2.05) is 18.2 Å². The summed E-state index contributed by atoms with van der Waals surface area (Å²) in [5.74, 6) is -0.819. The maximum absolute atomic E-state index is 12.5. The van der Waals surface area contributed by atoms with Gasteiger partial charge in [0, 0.05) is 11.3 Å². The van der Waals surface area contributed by atoms with Gasteiger partial charge in [-0.25, -0.2) is 4.79 Å². The number of para-hydroxylation sites is 1. The maximum Gasteiger partial charge on any atom is 0.332 e. The van der Waals surface area contributed by atoms with E-state index in [-0.39, 0.29) is 25.0 Å². The zero-order valence-electron chi connectivity index (χ0n) is 12.3. The number of nitrogens with zero attached hydrogens (tertiary/aromatic N) is 2. The van der Waals surface area contributed by atoms with Crippen LogP contribution in [0, 0.1) is 0 Å². The Labute approximate surface area is 133 Å². The van der Waals surface area contributed by atoms with Crippen LogP contribution in [0.15, 0.2) is 54.6 Å². The molecule has 0 unspecified atom stereocenters. The average Bonchev–Trinajstić information content (AvgIpc) is 2.84. The van der Waals surface area contributed by atoms with E-state index in [0.717, 1.165) is 0 Å². The molecule has 6 nitrogen and oxygen atoms in total. The van der Waals surface area contributed by atoms with Crippen LogP contribution in [0.3, 0.4) is 0 Å². The van der Waals surface area contributed by atoms with E-state index in [1.165, 1.54) is 9.80 Å². The molecular formula is C17H15N3O3. The molecule has 4 amide bonds. The SMILES string of the molecule is NC(=O)c1cccc(CN2C(=O)CN(c3ccccc3)C2=O)c1. The van der Waals surface area contributed by atoms with E-state index in [4.69, 9.17) is 5.73 Å². The third kappa shape index (κ3) is 2.91. The summed E-state index contributed by atoms with van der Waals surface area (Å²) in [7, 11) is 0. The Morgan fingerprint density at radius 2 is 1.78 bits per heavy atom. The lowest BCUT2D eigenvalue weighted by Crippen LogP contribution is -2.32. The first-order chi connectivity index (χ1) is 11.1. The van der Waals surface area contributed by atoms with E-state index in [9.17, 15) is 14.4 Å². The summed E-state index contributed by atoms with van der Waals surface area (Å²) in [6, 6.07) is 15.3. The van der Waals surface area contributed by atoms with Gasteiger partial charge in [0.1, 0.15) is 6.54 Å². The predicted octanol–water partition coefficient (Wildman–Crippen LogP) is 1.75. The Morgan fingerprint density at radius 1 is 1.04 bits per heavy atom. The minimum atomic E-state index is -0.545. The number of nitrogens with two attached hydrogens (primary N) is 1. The van der Waals surface area contributed by atoms with Crippen molar-refractivity contribution in [2.45, 2.75) is 6.54 Å². The van der Waals surface area contributed by atoms with Gasteiger partial charge in [0.2, 0.25) is 5.91 Å².